The highest BCUT2D eigenvalue weighted by Gasteiger charge is 2.27. The molecule has 0 amide bonds. The Morgan fingerprint density at radius 3 is 2.23 bits per heavy atom. The molecule has 0 radical (unpaired) electrons. The van der Waals surface area contributed by atoms with Crippen molar-refractivity contribution < 1.29 is 24.9 Å². The Labute approximate surface area is 77.0 Å². The van der Waals surface area contributed by atoms with Crippen LogP contribution in [0.2, 0.25) is 0 Å². The molecule has 0 fully saturated rings. The van der Waals surface area contributed by atoms with E-state index >= 15 is 0 Å². The quantitative estimate of drug-likeness (QED) is 0.504. The minimum absolute atomic E-state index is 0.0583. The number of aliphatic hydroxyl groups excluding tert-OH is 2. The molecule has 0 spiro atoms. The average Bonchev–Trinajstić information content (AvgIpc) is 2.13. The first kappa shape index (κ1) is 12.3. The zero-order valence-corrected chi connectivity index (χ0v) is 7.69. The second-order valence-electron chi connectivity index (χ2n) is 3.06. The predicted molar refractivity (Wildman–Crippen MR) is 45.4 cm³/mol. The smallest absolute Gasteiger partial charge is 0.329 e. The largest absolute Gasteiger partial charge is 0.480 e. The molecule has 0 bridgehead atoms. The van der Waals surface area contributed by atoms with E-state index in [1.807, 2.05) is 0 Å². The molecule has 0 aliphatic heterocycles. The zero-order valence-electron chi connectivity index (χ0n) is 7.69. The van der Waals surface area contributed by atoms with Gasteiger partial charge in [0.2, 0.25) is 0 Å². The second-order valence-corrected chi connectivity index (χ2v) is 3.06. The summed E-state index contributed by atoms with van der Waals surface area (Å²) in [6, 6.07) is 0. The van der Waals surface area contributed by atoms with Crippen LogP contribution in [0.4, 0.5) is 0 Å². The Kier molecular flexibility index (Phi) is 5.61. The predicted octanol–water partition coefficient (Wildman–Crippen LogP) is -0.531. The molecule has 78 valence electrons. The van der Waals surface area contributed by atoms with E-state index in [1.165, 1.54) is 0 Å². The van der Waals surface area contributed by atoms with Gasteiger partial charge < -0.3 is 20.1 Å². The van der Waals surface area contributed by atoms with Crippen molar-refractivity contribution in [2.45, 2.75) is 13.3 Å². The van der Waals surface area contributed by atoms with Crippen molar-refractivity contribution in [3.8, 4) is 0 Å². The standard InChI is InChI=1S/C8H16O5/c1-2-8(4-9,5-10)6-13-3-7(11)12/h9-10H,2-6H2,1H3,(H,11,12). The summed E-state index contributed by atoms with van der Waals surface area (Å²) in [7, 11) is 0. The van der Waals surface area contributed by atoms with E-state index in [1.54, 1.807) is 6.92 Å². The van der Waals surface area contributed by atoms with Gasteiger partial charge in [0.1, 0.15) is 6.61 Å². The molecule has 0 rings (SSSR count). The van der Waals surface area contributed by atoms with Gasteiger partial charge in [0, 0.05) is 5.41 Å². The number of aliphatic carboxylic acids is 1. The molecule has 0 unspecified atom stereocenters. The monoisotopic (exact) mass is 192 g/mol. The van der Waals surface area contributed by atoms with Crippen LogP contribution < -0.4 is 0 Å². The lowest BCUT2D eigenvalue weighted by atomic mass is 9.88. The summed E-state index contributed by atoms with van der Waals surface area (Å²) in [5.74, 6) is -1.05. The van der Waals surface area contributed by atoms with Gasteiger partial charge in [0.15, 0.2) is 0 Å². The van der Waals surface area contributed by atoms with Crippen molar-refractivity contribution in [2.24, 2.45) is 5.41 Å². The lowest BCUT2D eigenvalue weighted by Gasteiger charge is -2.27. The van der Waals surface area contributed by atoms with Gasteiger partial charge in [-0.15, -0.1) is 0 Å². The van der Waals surface area contributed by atoms with Crippen LogP contribution in [-0.4, -0.2) is 47.7 Å². The van der Waals surface area contributed by atoms with E-state index in [0.717, 1.165) is 0 Å². The van der Waals surface area contributed by atoms with E-state index in [4.69, 9.17) is 20.1 Å². The first-order valence-corrected chi connectivity index (χ1v) is 4.11. The fourth-order valence-electron chi connectivity index (χ4n) is 0.822. The number of rotatable bonds is 7. The molecule has 0 atom stereocenters. The Hall–Kier alpha value is -0.650. The topological polar surface area (TPSA) is 87.0 Å². The highest BCUT2D eigenvalue weighted by molar-refractivity contribution is 5.67. The number of carbonyl (C=O) groups is 1. The summed E-state index contributed by atoms with van der Waals surface area (Å²) in [6.45, 7) is 1.04. The van der Waals surface area contributed by atoms with Gasteiger partial charge in [-0.25, -0.2) is 4.79 Å². The van der Waals surface area contributed by atoms with Crippen LogP contribution in [0.3, 0.4) is 0 Å². The second kappa shape index (κ2) is 5.90. The van der Waals surface area contributed by atoms with Crippen LogP contribution in [-0.2, 0) is 9.53 Å². The van der Waals surface area contributed by atoms with Gasteiger partial charge in [0.25, 0.3) is 0 Å². The molecule has 0 aliphatic carbocycles. The summed E-state index contributed by atoms with van der Waals surface area (Å²) in [6.07, 6.45) is 0.541. The molecule has 0 aromatic heterocycles. The maximum absolute atomic E-state index is 10.1. The summed E-state index contributed by atoms with van der Waals surface area (Å²) in [4.78, 5) is 10.1. The van der Waals surface area contributed by atoms with Crippen molar-refractivity contribution in [1.82, 2.24) is 0 Å². The minimum atomic E-state index is -1.05. The minimum Gasteiger partial charge on any atom is -0.480 e. The van der Waals surface area contributed by atoms with Crippen molar-refractivity contribution in [1.29, 1.82) is 0 Å². The number of ether oxygens (including phenoxy) is 1. The number of carboxylic acid groups (broad SMARTS) is 1. The maximum atomic E-state index is 10.1. The molecule has 5 nitrogen and oxygen atoms in total. The molecule has 0 saturated heterocycles. The summed E-state index contributed by atoms with van der Waals surface area (Å²) in [5.41, 5.74) is -0.713. The van der Waals surface area contributed by atoms with Crippen molar-refractivity contribution >= 4 is 5.97 Å². The van der Waals surface area contributed by atoms with Gasteiger partial charge in [0.05, 0.1) is 19.8 Å². The van der Waals surface area contributed by atoms with Crippen LogP contribution in [0.25, 0.3) is 0 Å². The average molecular weight is 192 g/mol. The van der Waals surface area contributed by atoms with Gasteiger partial charge in [-0.1, -0.05) is 6.92 Å². The van der Waals surface area contributed by atoms with Gasteiger partial charge in [-0.3, -0.25) is 0 Å². The van der Waals surface area contributed by atoms with E-state index in [0.29, 0.717) is 6.42 Å². The molecule has 0 aliphatic rings. The number of aliphatic hydroxyl groups is 2. The van der Waals surface area contributed by atoms with Crippen molar-refractivity contribution in [2.75, 3.05) is 26.4 Å². The molecule has 0 aromatic carbocycles. The molecule has 0 aromatic rings. The summed E-state index contributed by atoms with van der Waals surface area (Å²) < 4.78 is 4.81. The number of hydrogen-bond acceptors (Lipinski definition) is 4. The van der Waals surface area contributed by atoms with E-state index < -0.39 is 18.0 Å². The van der Waals surface area contributed by atoms with Crippen LogP contribution in [0, 0.1) is 5.41 Å². The van der Waals surface area contributed by atoms with Crippen LogP contribution >= 0.6 is 0 Å². The Morgan fingerprint density at radius 2 is 1.92 bits per heavy atom. The van der Waals surface area contributed by atoms with Crippen molar-refractivity contribution in [3.63, 3.8) is 0 Å². The third-order valence-electron chi connectivity index (χ3n) is 2.05. The number of carboxylic acids is 1. The maximum Gasteiger partial charge on any atom is 0.329 e. The van der Waals surface area contributed by atoms with E-state index in [9.17, 15) is 4.79 Å². The normalized spacial score (nSPS) is 11.6. The molecule has 13 heavy (non-hydrogen) atoms. The van der Waals surface area contributed by atoms with E-state index in [-0.39, 0.29) is 19.8 Å². The van der Waals surface area contributed by atoms with Crippen LogP contribution in [0.5, 0.6) is 0 Å². The highest BCUT2D eigenvalue weighted by atomic mass is 16.5. The van der Waals surface area contributed by atoms with Gasteiger partial charge in [-0.2, -0.15) is 0 Å². The van der Waals surface area contributed by atoms with E-state index in [2.05, 4.69) is 0 Å². The molecule has 0 saturated carbocycles. The third kappa shape index (κ3) is 4.21. The lowest BCUT2D eigenvalue weighted by molar-refractivity contribution is -0.144. The Balaban J connectivity index is 3.88. The molecule has 3 N–H and O–H groups in total. The Morgan fingerprint density at radius 1 is 1.38 bits per heavy atom. The third-order valence-corrected chi connectivity index (χ3v) is 2.05. The van der Waals surface area contributed by atoms with Crippen LogP contribution in [0.15, 0.2) is 0 Å². The Bertz CT molecular complexity index is 144. The SMILES string of the molecule is CCC(CO)(CO)COCC(=O)O. The summed E-state index contributed by atoms with van der Waals surface area (Å²) in [5, 5.41) is 26.2. The molecule has 0 heterocycles. The van der Waals surface area contributed by atoms with Gasteiger partial charge >= 0.3 is 5.97 Å². The van der Waals surface area contributed by atoms with Gasteiger partial charge in [-0.05, 0) is 6.42 Å². The first-order valence-electron chi connectivity index (χ1n) is 4.11. The molecule has 5 heteroatoms. The lowest BCUT2D eigenvalue weighted by Crippen LogP contribution is -2.35. The fraction of sp³-hybridized carbons (Fsp3) is 0.875. The molecular weight excluding hydrogens is 176 g/mol. The summed E-state index contributed by atoms with van der Waals surface area (Å²) >= 11 is 0. The zero-order chi connectivity index (χ0) is 10.3. The molecular formula is C8H16O5. The fourth-order valence-corrected chi connectivity index (χ4v) is 0.822. The van der Waals surface area contributed by atoms with Crippen molar-refractivity contribution in [3.05, 3.63) is 0 Å². The first-order chi connectivity index (χ1) is 6.10. The number of hydrogen-bond donors (Lipinski definition) is 3. The van der Waals surface area contributed by atoms with Crippen LogP contribution in [0.1, 0.15) is 13.3 Å². The highest BCUT2D eigenvalue weighted by Crippen LogP contribution is 2.20.